The van der Waals surface area contributed by atoms with Gasteiger partial charge in [-0.3, -0.25) is 4.79 Å². The minimum absolute atomic E-state index is 0.0565. The fourth-order valence-electron chi connectivity index (χ4n) is 2.45. The van der Waals surface area contributed by atoms with E-state index in [9.17, 15) is 13.2 Å². The van der Waals surface area contributed by atoms with Gasteiger partial charge in [-0.25, -0.2) is 13.4 Å². The molecule has 2 rings (SSSR count). The molecule has 0 saturated carbocycles. The van der Waals surface area contributed by atoms with E-state index in [1.54, 1.807) is 19.1 Å². The van der Waals surface area contributed by atoms with Crippen LogP contribution in [0.2, 0.25) is 0 Å². The number of allylic oxidation sites excluding steroid dienone is 6. The zero-order chi connectivity index (χ0) is 19.7. The molecule has 1 aliphatic rings. The van der Waals surface area contributed by atoms with E-state index in [0.29, 0.717) is 29.1 Å². The molecule has 0 amide bonds. The van der Waals surface area contributed by atoms with Gasteiger partial charge in [0.15, 0.2) is 16.1 Å². The zero-order valence-corrected chi connectivity index (χ0v) is 16.3. The van der Waals surface area contributed by atoms with Gasteiger partial charge in [-0.2, -0.15) is 0 Å². The molecule has 1 aromatic rings. The van der Waals surface area contributed by atoms with Crippen molar-refractivity contribution in [3.05, 3.63) is 52.2 Å². The molecule has 0 saturated heterocycles. The van der Waals surface area contributed by atoms with Gasteiger partial charge in [-0.05, 0) is 37.6 Å². The van der Waals surface area contributed by atoms with Crippen molar-refractivity contribution < 1.29 is 23.1 Å². The summed E-state index contributed by atoms with van der Waals surface area (Å²) in [6.07, 6.45) is 6.41. The highest BCUT2D eigenvalue weighted by Crippen LogP contribution is 2.32. The third-order valence-corrected chi connectivity index (χ3v) is 5.59. The van der Waals surface area contributed by atoms with Gasteiger partial charge < -0.3 is 9.84 Å². The van der Waals surface area contributed by atoms with Crippen molar-refractivity contribution >= 4 is 21.7 Å². The first-order chi connectivity index (χ1) is 12.4. The second-order valence-electron chi connectivity index (χ2n) is 5.49. The molecule has 1 N–H and O–H groups in total. The summed E-state index contributed by atoms with van der Waals surface area (Å²) in [5, 5.41) is 7.00. The Balaban J connectivity index is 0.00000163. The summed E-state index contributed by atoms with van der Waals surface area (Å²) in [4.78, 5) is 15.5. The summed E-state index contributed by atoms with van der Waals surface area (Å²) in [5.74, 6) is 0.577. The lowest BCUT2D eigenvalue weighted by molar-refractivity contribution is -0.109. The van der Waals surface area contributed by atoms with E-state index in [4.69, 9.17) is 9.84 Å². The SMILES string of the molecule is CCS(=O)(=O)C1=CC(C)=C(c2nc(C)ccc2OCC=O)C=CC1.CO. The van der Waals surface area contributed by atoms with Crippen molar-refractivity contribution in [1.29, 1.82) is 0 Å². The van der Waals surface area contributed by atoms with Crippen molar-refractivity contribution in [2.24, 2.45) is 0 Å². The van der Waals surface area contributed by atoms with E-state index in [0.717, 1.165) is 23.9 Å². The second-order valence-corrected chi connectivity index (χ2v) is 7.83. The highest BCUT2D eigenvalue weighted by molar-refractivity contribution is 7.95. The van der Waals surface area contributed by atoms with Gasteiger partial charge in [-0.1, -0.05) is 19.1 Å². The van der Waals surface area contributed by atoms with Crippen LogP contribution < -0.4 is 4.74 Å². The number of aryl methyl sites for hydroxylation is 1. The maximum Gasteiger partial charge on any atom is 0.174 e. The van der Waals surface area contributed by atoms with Crippen molar-refractivity contribution in [3.63, 3.8) is 0 Å². The molecule has 0 spiro atoms. The summed E-state index contributed by atoms with van der Waals surface area (Å²) in [5.41, 5.74) is 3.01. The number of pyridine rings is 1. The Morgan fingerprint density at radius 3 is 2.58 bits per heavy atom. The number of nitrogens with zero attached hydrogens (tertiary/aromatic N) is 1. The van der Waals surface area contributed by atoms with Gasteiger partial charge in [0.2, 0.25) is 0 Å². The van der Waals surface area contributed by atoms with E-state index >= 15 is 0 Å². The van der Waals surface area contributed by atoms with Crippen LogP contribution >= 0.6 is 0 Å². The molecular formula is C19H25NO5S. The molecule has 6 nitrogen and oxygen atoms in total. The number of ether oxygens (including phenoxy) is 1. The van der Waals surface area contributed by atoms with Crippen LogP contribution in [0.3, 0.4) is 0 Å². The number of rotatable bonds is 6. The molecular weight excluding hydrogens is 354 g/mol. The quantitative estimate of drug-likeness (QED) is 0.764. The minimum atomic E-state index is -3.24. The minimum Gasteiger partial charge on any atom is -0.484 e. The van der Waals surface area contributed by atoms with Gasteiger partial charge in [0, 0.05) is 29.7 Å². The van der Waals surface area contributed by atoms with E-state index in [-0.39, 0.29) is 12.4 Å². The molecule has 142 valence electrons. The Labute approximate surface area is 154 Å². The first-order valence-electron chi connectivity index (χ1n) is 8.19. The van der Waals surface area contributed by atoms with E-state index in [1.807, 2.05) is 32.1 Å². The number of carbonyl (C=O) groups excluding carboxylic acids is 1. The molecule has 0 atom stereocenters. The lowest BCUT2D eigenvalue weighted by Gasteiger charge is -2.12. The van der Waals surface area contributed by atoms with Crippen LogP contribution in [-0.4, -0.2) is 44.3 Å². The largest absolute Gasteiger partial charge is 0.484 e. The van der Waals surface area contributed by atoms with Crippen molar-refractivity contribution in [1.82, 2.24) is 4.98 Å². The van der Waals surface area contributed by atoms with Crippen molar-refractivity contribution in [3.8, 4) is 5.75 Å². The van der Waals surface area contributed by atoms with Crippen LogP contribution in [0.1, 0.15) is 31.7 Å². The van der Waals surface area contributed by atoms with Gasteiger partial charge in [0.25, 0.3) is 0 Å². The normalized spacial score (nSPS) is 14.1. The first kappa shape index (κ1) is 21.8. The molecule has 0 aliphatic heterocycles. The second kappa shape index (κ2) is 10.0. The smallest absolute Gasteiger partial charge is 0.174 e. The third kappa shape index (κ3) is 5.37. The molecule has 1 heterocycles. The van der Waals surface area contributed by atoms with Crippen LogP contribution in [0.5, 0.6) is 5.75 Å². The monoisotopic (exact) mass is 379 g/mol. The number of aldehydes is 1. The predicted octanol–water partition coefficient (Wildman–Crippen LogP) is 2.63. The highest BCUT2D eigenvalue weighted by Gasteiger charge is 2.19. The van der Waals surface area contributed by atoms with Crippen LogP contribution in [0.4, 0.5) is 0 Å². The van der Waals surface area contributed by atoms with E-state index < -0.39 is 9.84 Å². The molecule has 1 aliphatic carbocycles. The third-order valence-electron chi connectivity index (χ3n) is 3.74. The molecule has 1 aromatic heterocycles. The lowest BCUT2D eigenvalue weighted by atomic mass is 10.0. The Morgan fingerprint density at radius 2 is 1.96 bits per heavy atom. The number of aliphatic hydroxyl groups excluding tert-OH is 1. The summed E-state index contributed by atoms with van der Waals surface area (Å²) in [7, 11) is -2.24. The van der Waals surface area contributed by atoms with Crippen molar-refractivity contribution in [2.45, 2.75) is 27.2 Å². The molecule has 0 aromatic carbocycles. The topological polar surface area (TPSA) is 93.6 Å². The highest BCUT2D eigenvalue weighted by atomic mass is 32.2. The summed E-state index contributed by atoms with van der Waals surface area (Å²) in [6.45, 7) is 5.30. The summed E-state index contributed by atoms with van der Waals surface area (Å²) in [6, 6.07) is 3.58. The van der Waals surface area contributed by atoms with Crippen LogP contribution in [0.15, 0.2) is 40.8 Å². The Kier molecular flexibility index (Phi) is 8.41. The predicted molar refractivity (Wildman–Crippen MR) is 103 cm³/mol. The first-order valence-corrected chi connectivity index (χ1v) is 9.84. The van der Waals surface area contributed by atoms with Gasteiger partial charge in [0.1, 0.15) is 18.1 Å². The average Bonchev–Trinajstić information content (AvgIpc) is 2.84. The average molecular weight is 379 g/mol. The van der Waals surface area contributed by atoms with E-state index in [1.165, 1.54) is 0 Å². The fourth-order valence-corrected chi connectivity index (χ4v) is 3.52. The molecule has 0 fully saturated rings. The Morgan fingerprint density at radius 1 is 1.27 bits per heavy atom. The van der Waals surface area contributed by atoms with Gasteiger partial charge >= 0.3 is 0 Å². The molecule has 0 radical (unpaired) electrons. The Hall–Kier alpha value is -2.25. The Bertz CT molecular complexity index is 835. The van der Waals surface area contributed by atoms with Crippen molar-refractivity contribution in [2.75, 3.05) is 19.5 Å². The molecule has 0 unspecified atom stereocenters. The standard InChI is InChI=1S/C18H21NO4S.CH4O/c1-4-24(21,22)15-6-5-7-16(13(2)12-15)18-17(23-11-10-20)9-8-14(3)19-18;1-2/h5,7-10,12H,4,6,11H2,1-3H3;2H,1H3. The van der Waals surface area contributed by atoms with Crippen LogP contribution in [0, 0.1) is 6.92 Å². The summed E-state index contributed by atoms with van der Waals surface area (Å²) < 4.78 is 29.8. The maximum absolute atomic E-state index is 12.2. The maximum atomic E-state index is 12.2. The molecule has 0 bridgehead atoms. The van der Waals surface area contributed by atoms with Crippen LogP contribution in [0.25, 0.3) is 5.57 Å². The van der Waals surface area contributed by atoms with Gasteiger partial charge in [-0.15, -0.1) is 0 Å². The number of aromatic nitrogens is 1. The molecule has 7 heteroatoms. The molecule has 26 heavy (non-hydrogen) atoms. The number of aliphatic hydroxyl groups is 1. The number of carbonyl (C=O) groups is 1. The number of hydrogen-bond acceptors (Lipinski definition) is 6. The number of hydrogen-bond donors (Lipinski definition) is 1. The van der Waals surface area contributed by atoms with Crippen LogP contribution in [-0.2, 0) is 14.6 Å². The lowest BCUT2D eigenvalue weighted by Crippen LogP contribution is -2.06. The summed E-state index contributed by atoms with van der Waals surface area (Å²) >= 11 is 0. The zero-order valence-electron chi connectivity index (χ0n) is 15.5. The van der Waals surface area contributed by atoms with E-state index in [2.05, 4.69) is 4.98 Å². The number of sulfone groups is 1. The fraction of sp³-hybridized carbons (Fsp3) is 0.368. The van der Waals surface area contributed by atoms with Gasteiger partial charge in [0.05, 0.1) is 5.75 Å².